The second-order valence-electron chi connectivity index (χ2n) is 6.07. The average molecular weight is 287 g/mol. The minimum Gasteiger partial charge on any atom is -0.392 e. The minimum atomic E-state index is -4.22. The number of alkyl halides is 3. The summed E-state index contributed by atoms with van der Waals surface area (Å²) in [6, 6.07) is 7.78. The Morgan fingerprint density at radius 3 is 2.35 bits per heavy atom. The summed E-state index contributed by atoms with van der Waals surface area (Å²) in [5, 5.41) is 12.8. The predicted molar refractivity (Wildman–Crippen MR) is 71.2 cm³/mol. The average Bonchev–Trinajstić information content (AvgIpc) is 2.37. The molecule has 0 heterocycles. The van der Waals surface area contributed by atoms with Crippen molar-refractivity contribution in [3.63, 3.8) is 0 Å². The van der Waals surface area contributed by atoms with Gasteiger partial charge in [0.1, 0.15) is 0 Å². The summed E-state index contributed by atoms with van der Waals surface area (Å²) in [4.78, 5) is 0. The van der Waals surface area contributed by atoms with Gasteiger partial charge in [0.2, 0.25) is 0 Å². The van der Waals surface area contributed by atoms with Gasteiger partial charge < -0.3 is 10.4 Å². The van der Waals surface area contributed by atoms with Crippen LogP contribution < -0.4 is 5.32 Å². The fraction of sp³-hybridized carbons (Fsp3) is 0.600. The molecule has 112 valence electrons. The van der Waals surface area contributed by atoms with E-state index in [1.54, 1.807) is 30.3 Å². The normalized spacial score (nSPS) is 26.9. The Hall–Kier alpha value is -1.07. The van der Waals surface area contributed by atoms with Gasteiger partial charge >= 0.3 is 6.18 Å². The molecular formula is C15H20F3NO. The first-order valence-electron chi connectivity index (χ1n) is 6.76. The smallest absolute Gasteiger partial charge is 0.390 e. The second-order valence-corrected chi connectivity index (χ2v) is 6.07. The number of halogens is 3. The molecule has 3 unspecified atom stereocenters. The highest BCUT2D eigenvalue weighted by atomic mass is 19.4. The van der Waals surface area contributed by atoms with Crippen molar-refractivity contribution in [1.82, 2.24) is 5.32 Å². The topological polar surface area (TPSA) is 32.3 Å². The summed E-state index contributed by atoms with van der Waals surface area (Å²) < 4.78 is 38.2. The third-order valence-electron chi connectivity index (χ3n) is 4.26. The summed E-state index contributed by atoms with van der Waals surface area (Å²) in [5.41, 5.74) is 0.237. The van der Waals surface area contributed by atoms with Gasteiger partial charge in [-0.15, -0.1) is 0 Å². The molecule has 3 atom stereocenters. The molecule has 1 saturated carbocycles. The van der Waals surface area contributed by atoms with Crippen LogP contribution in [-0.2, 0) is 0 Å². The molecule has 0 aliphatic heterocycles. The summed E-state index contributed by atoms with van der Waals surface area (Å²) in [5.74, 6) is 0. The van der Waals surface area contributed by atoms with Crippen LogP contribution in [0, 0.1) is 5.41 Å². The summed E-state index contributed by atoms with van der Waals surface area (Å²) in [7, 11) is 0. The van der Waals surface area contributed by atoms with Gasteiger partial charge in [-0.3, -0.25) is 0 Å². The molecule has 0 bridgehead atoms. The third-order valence-corrected chi connectivity index (χ3v) is 4.26. The molecule has 0 aromatic heterocycles. The van der Waals surface area contributed by atoms with Crippen molar-refractivity contribution >= 4 is 0 Å². The van der Waals surface area contributed by atoms with E-state index in [-0.39, 0.29) is 6.04 Å². The Morgan fingerprint density at radius 2 is 1.90 bits per heavy atom. The van der Waals surface area contributed by atoms with Crippen molar-refractivity contribution in [2.75, 3.05) is 0 Å². The lowest BCUT2D eigenvalue weighted by atomic mass is 9.64. The Bertz CT molecular complexity index is 444. The van der Waals surface area contributed by atoms with Gasteiger partial charge in [-0.2, -0.15) is 13.2 Å². The van der Waals surface area contributed by atoms with E-state index in [0.29, 0.717) is 12.0 Å². The monoisotopic (exact) mass is 287 g/mol. The highest BCUT2D eigenvalue weighted by molar-refractivity contribution is 5.20. The summed E-state index contributed by atoms with van der Waals surface area (Å²) >= 11 is 0. The quantitative estimate of drug-likeness (QED) is 0.889. The van der Waals surface area contributed by atoms with Crippen molar-refractivity contribution in [2.24, 2.45) is 5.41 Å². The maximum Gasteiger partial charge on any atom is 0.390 e. The first kappa shape index (κ1) is 15.3. The second kappa shape index (κ2) is 5.37. The number of aliphatic hydroxyl groups is 1. The van der Waals surface area contributed by atoms with E-state index in [1.165, 1.54) is 0 Å². The van der Waals surface area contributed by atoms with Gasteiger partial charge in [-0.05, 0) is 12.0 Å². The van der Waals surface area contributed by atoms with Gasteiger partial charge in [0, 0.05) is 17.5 Å². The van der Waals surface area contributed by atoms with E-state index >= 15 is 0 Å². The number of hydrogen-bond acceptors (Lipinski definition) is 2. The minimum absolute atomic E-state index is 0.106. The predicted octanol–water partition coefficient (Wildman–Crippen LogP) is 3.43. The number of rotatable bonds is 4. The van der Waals surface area contributed by atoms with Crippen molar-refractivity contribution in [3.8, 4) is 0 Å². The molecule has 0 radical (unpaired) electrons. The van der Waals surface area contributed by atoms with Crippen molar-refractivity contribution in [3.05, 3.63) is 35.9 Å². The fourth-order valence-electron chi connectivity index (χ4n) is 2.62. The molecule has 0 saturated heterocycles. The van der Waals surface area contributed by atoms with Crippen molar-refractivity contribution < 1.29 is 18.3 Å². The van der Waals surface area contributed by atoms with E-state index in [0.717, 1.165) is 0 Å². The molecule has 1 aliphatic carbocycles. The Balaban J connectivity index is 2.12. The Kier molecular flexibility index (Phi) is 4.12. The van der Waals surface area contributed by atoms with Crippen LogP contribution in [0.2, 0.25) is 0 Å². The van der Waals surface area contributed by atoms with Crippen LogP contribution in [0.15, 0.2) is 30.3 Å². The maximum absolute atomic E-state index is 12.7. The SMILES string of the molecule is CC1(C)C(O)CC1NC(CC(F)(F)F)c1ccccc1. The van der Waals surface area contributed by atoms with Crippen LogP contribution in [0.25, 0.3) is 0 Å². The molecule has 2 rings (SSSR count). The third kappa shape index (κ3) is 3.33. The molecule has 5 heteroatoms. The molecular weight excluding hydrogens is 267 g/mol. The lowest BCUT2D eigenvalue weighted by Crippen LogP contribution is -2.60. The zero-order chi connectivity index (χ0) is 15.0. The van der Waals surface area contributed by atoms with Gasteiger partial charge in [-0.1, -0.05) is 44.2 Å². The molecule has 20 heavy (non-hydrogen) atoms. The molecule has 1 aromatic carbocycles. The van der Waals surface area contributed by atoms with E-state index in [9.17, 15) is 18.3 Å². The van der Waals surface area contributed by atoms with E-state index in [1.807, 2.05) is 13.8 Å². The summed E-state index contributed by atoms with van der Waals surface area (Å²) in [6.07, 6.45) is -5.09. The van der Waals surface area contributed by atoms with Gasteiger partial charge in [0.25, 0.3) is 0 Å². The standard InChI is InChI=1S/C15H20F3NO/c1-14(2)12(8-13(14)20)19-11(9-15(16,17)18)10-6-4-3-5-7-10/h3-7,11-13,19-20H,8-9H2,1-2H3. The lowest BCUT2D eigenvalue weighted by Gasteiger charge is -2.51. The molecule has 1 aliphatic rings. The molecule has 2 nitrogen and oxygen atoms in total. The van der Waals surface area contributed by atoms with Crippen molar-refractivity contribution in [1.29, 1.82) is 0 Å². The van der Waals surface area contributed by atoms with Crippen LogP contribution >= 0.6 is 0 Å². The Labute approximate surface area is 117 Å². The first-order valence-corrected chi connectivity index (χ1v) is 6.76. The first-order chi connectivity index (χ1) is 9.20. The highest BCUT2D eigenvalue weighted by Crippen LogP contribution is 2.42. The van der Waals surface area contributed by atoms with E-state index in [4.69, 9.17) is 0 Å². The van der Waals surface area contributed by atoms with E-state index in [2.05, 4.69) is 5.32 Å². The molecule has 2 N–H and O–H groups in total. The van der Waals surface area contributed by atoms with Gasteiger partial charge in [-0.25, -0.2) is 0 Å². The lowest BCUT2D eigenvalue weighted by molar-refractivity contribution is -0.145. The molecule has 0 spiro atoms. The van der Waals surface area contributed by atoms with Gasteiger partial charge in [0.05, 0.1) is 12.5 Å². The zero-order valence-electron chi connectivity index (χ0n) is 11.6. The molecule has 0 amide bonds. The van der Waals surface area contributed by atoms with Crippen LogP contribution in [0.1, 0.15) is 38.3 Å². The number of nitrogens with one attached hydrogen (secondary N) is 1. The van der Waals surface area contributed by atoms with Crippen LogP contribution in [0.4, 0.5) is 13.2 Å². The van der Waals surface area contributed by atoms with E-state index < -0.39 is 30.2 Å². The van der Waals surface area contributed by atoms with Gasteiger partial charge in [0.15, 0.2) is 0 Å². The number of benzene rings is 1. The van der Waals surface area contributed by atoms with Crippen LogP contribution in [-0.4, -0.2) is 23.4 Å². The molecule has 1 fully saturated rings. The molecule has 1 aromatic rings. The van der Waals surface area contributed by atoms with Crippen molar-refractivity contribution in [2.45, 2.75) is 51.1 Å². The maximum atomic E-state index is 12.7. The Morgan fingerprint density at radius 1 is 1.30 bits per heavy atom. The zero-order valence-corrected chi connectivity index (χ0v) is 11.6. The fourth-order valence-corrected chi connectivity index (χ4v) is 2.62. The largest absolute Gasteiger partial charge is 0.392 e. The van der Waals surface area contributed by atoms with Crippen LogP contribution in [0.3, 0.4) is 0 Å². The van der Waals surface area contributed by atoms with Crippen LogP contribution in [0.5, 0.6) is 0 Å². The number of aliphatic hydroxyl groups excluding tert-OH is 1. The highest BCUT2D eigenvalue weighted by Gasteiger charge is 2.48. The number of hydrogen-bond donors (Lipinski definition) is 2. The summed E-state index contributed by atoms with van der Waals surface area (Å²) in [6.45, 7) is 3.74.